The van der Waals surface area contributed by atoms with E-state index < -0.39 is 0 Å². The lowest BCUT2D eigenvalue weighted by molar-refractivity contribution is 0.0669. The number of aryl methyl sites for hydroxylation is 2. The molecule has 0 unspecified atom stereocenters. The number of pyridine rings is 1. The maximum absolute atomic E-state index is 10.0. The molecule has 0 aliphatic carbocycles. The monoisotopic (exact) mass is 346 g/mol. The van der Waals surface area contributed by atoms with E-state index in [2.05, 4.69) is 67.3 Å². The summed E-state index contributed by atoms with van der Waals surface area (Å²) in [6.07, 6.45) is 1.76. The second-order valence-corrected chi connectivity index (χ2v) is 7.59. The summed E-state index contributed by atoms with van der Waals surface area (Å²) in [6, 6.07) is 17.3. The van der Waals surface area contributed by atoms with Gasteiger partial charge in [0.2, 0.25) is 0 Å². The van der Waals surface area contributed by atoms with E-state index in [0.717, 1.165) is 43.7 Å². The number of benzene rings is 2. The van der Waals surface area contributed by atoms with E-state index in [0.29, 0.717) is 0 Å². The van der Waals surface area contributed by atoms with Crippen molar-refractivity contribution >= 4 is 10.9 Å². The van der Waals surface area contributed by atoms with Gasteiger partial charge in [-0.25, -0.2) is 4.98 Å². The van der Waals surface area contributed by atoms with Crippen LogP contribution in [-0.4, -0.2) is 34.2 Å². The van der Waals surface area contributed by atoms with Gasteiger partial charge >= 0.3 is 0 Å². The van der Waals surface area contributed by atoms with Crippen LogP contribution in [0.1, 0.15) is 29.5 Å². The summed E-state index contributed by atoms with van der Waals surface area (Å²) in [5.41, 5.74) is 6.98. The first kappa shape index (κ1) is 17.2. The van der Waals surface area contributed by atoms with Gasteiger partial charge in [-0.3, -0.25) is 4.90 Å². The molecule has 3 heteroatoms. The first-order valence-corrected chi connectivity index (χ1v) is 9.46. The van der Waals surface area contributed by atoms with Crippen molar-refractivity contribution in [1.82, 2.24) is 9.88 Å². The molecule has 4 rings (SSSR count). The lowest BCUT2D eigenvalue weighted by Crippen LogP contribution is -2.37. The van der Waals surface area contributed by atoms with Gasteiger partial charge in [-0.2, -0.15) is 0 Å². The Hall–Kier alpha value is -2.23. The third-order valence-corrected chi connectivity index (χ3v) is 5.22. The summed E-state index contributed by atoms with van der Waals surface area (Å²) in [4.78, 5) is 7.39. The maximum atomic E-state index is 10.0. The third-order valence-electron chi connectivity index (χ3n) is 5.22. The fraction of sp³-hybridized carbons (Fsp3) is 0.348. The molecule has 0 bridgehead atoms. The Morgan fingerprint density at radius 3 is 2.73 bits per heavy atom. The van der Waals surface area contributed by atoms with E-state index in [-0.39, 0.29) is 6.10 Å². The highest BCUT2D eigenvalue weighted by molar-refractivity contribution is 5.84. The SMILES string of the molecule is Cc1cccc(-c2nc3cc(C)ccc3cc2CN2CCC[C@@H](O)C2)c1. The lowest BCUT2D eigenvalue weighted by Gasteiger charge is -2.30. The molecule has 134 valence electrons. The number of hydrogen-bond acceptors (Lipinski definition) is 3. The number of aromatic nitrogens is 1. The summed E-state index contributed by atoms with van der Waals surface area (Å²) in [5.74, 6) is 0. The molecule has 1 N–H and O–H groups in total. The molecule has 1 aliphatic rings. The topological polar surface area (TPSA) is 36.4 Å². The van der Waals surface area contributed by atoms with Gasteiger partial charge in [0, 0.05) is 24.0 Å². The van der Waals surface area contributed by atoms with Gasteiger partial charge in [0.05, 0.1) is 17.3 Å². The van der Waals surface area contributed by atoms with Crippen LogP contribution >= 0.6 is 0 Å². The molecular formula is C23H26N2O. The molecule has 3 aromatic rings. The average Bonchev–Trinajstić information content (AvgIpc) is 2.61. The minimum absolute atomic E-state index is 0.206. The third kappa shape index (κ3) is 3.64. The number of likely N-dealkylation sites (tertiary alicyclic amines) is 1. The van der Waals surface area contributed by atoms with Gasteiger partial charge in [0.1, 0.15) is 0 Å². The van der Waals surface area contributed by atoms with Gasteiger partial charge in [0.25, 0.3) is 0 Å². The summed E-state index contributed by atoms with van der Waals surface area (Å²) in [6.45, 7) is 6.85. The summed E-state index contributed by atoms with van der Waals surface area (Å²) in [5, 5.41) is 11.2. The zero-order valence-electron chi connectivity index (χ0n) is 15.6. The molecule has 0 radical (unpaired) electrons. The van der Waals surface area contributed by atoms with Crippen LogP contribution in [0.15, 0.2) is 48.5 Å². The minimum atomic E-state index is -0.206. The molecule has 26 heavy (non-hydrogen) atoms. The van der Waals surface area contributed by atoms with E-state index in [1.54, 1.807) is 0 Å². The molecule has 3 nitrogen and oxygen atoms in total. The second-order valence-electron chi connectivity index (χ2n) is 7.59. The highest BCUT2D eigenvalue weighted by Gasteiger charge is 2.20. The number of aliphatic hydroxyl groups is 1. The van der Waals surface area contributed by atoms with Gasteiger partial charge in [-0.1, -0.05) is 35.9 Å². The summed E-state index contributed by atoms with van der Waals surface area (Å²) in [7, 11) is 0. The Balaban J connectivity index is 1.80. The predicted molar refractivity (Wildman–Crippen MR) is 107 cm³/mol. The Morgan fingerprint density at radius 1 is 1.08 bits per heavy atom. The van der Waals surface area contributed by atoms with E-state index in [9.17, 15) is 5.11 Å². The van der Waals surface area contributed by atoms with Crippen LogP contribution in [0.5, 0.6) is 0 Å². The normalized spacial score (nSPS) is 18.3. The van der Waals surface area contributed by atoms with Crippen LogP contribution in [0.25, 0.3) is 22.2 Å². The number of fused-ring (bicyclic) bond motifs is 1. The van der Waals surface area contributed by atoms with Crippen molar-refractivity contribution in [2.45, 2.75) is 39.3 Å². The number of nitrogens with zero attached hydrogens (tertiary/aromatic N) is 2. The minimum Gasteiger partial charge on any atom is -0.392 e. The molecule has 1 aromatic heterocycles. The molecule has 1 atom stereocenters. The van der Waals surface area contributed by atoms with Crippen LogP contribution in [0, 0.1) is 13.8 Å². The lowest BCUT2D eigenvalue weighted by atomic mass is 9.99. The maximum Gasteiger partial charge on any atom is 0.0754 e. The molecule has 0 spiro atoms. The van der Waals surface area contributed by atoms with Gasteiger partial charge in [-0.05, 0) is 62.6 Å². The highest BCUT2D eigenvalue weighted by Crippen LogP contribution is 2.28. The molecule has 0 saturated carbocycles. The molecule has 1 fully saturated rings. The molecule has 2 heterocycles. The van der Waals surface area contributed by atoms with E-state index in [1.165, 1.54) is 27.6 Å². The van der Waals surface area contributed by atoms with Crippen LogP contribution in [0.4, 0.5) is 0 Å². The van der Waals surface area contributed by atoms with Gasteiger partial charge in [-0.15, -0.1) is 0 Å². The largest absolute Gasteiger partial charge is 0.392 e. The first-order valence-electron chi connectivity index (χ1n) is 9.46. The van der Waals surface area contributed by atoms with Gasteiger partial charge < -0.3 is 5.11 Å². The van der Waals surface area contributed by atoms with Crippen LogP contribution in [0.3, 0.4) is 0 Å². The van der Waals surface area contributed by atoms with E-state index >= 15 is 0 Å². The zero-order valence-corrected chi connectivity index (χ0v) is 15.6. The quantitative estimate of drug-likeness (QED) is 0.760. The van der Waals surface area contributed by atoms with Gasteiger partial charge in [0.15, 0.2) is 0 Å². The standard InChI is InChI=1S/C23H26N2O/c1-16-5-3-6-19(11-16)23-20(14-25-10-4-7-21(26)15-25)13-18-9-8-17(2)12-22(18)24-23/h3,5-6,8-9,11-13,21,26H,4,7,10,14-15H2,1-2H3/t21-/m1/s1. The van der Waals surface area contributed by atoms with Crippen molar-refractivity contribution < 1.29 is 5.11 Å². The summed E-state index contributed by atoms with van der Waals surface area (Å²) < 4.78 is 0. The van der Waals surface area contributed by atoms with E-state index in [1.807, 2.05) is 0 Å². The fourth-order valence-corrected chi connectivity index (χ4v) is 3.90. The van der Waals surface area contributed by atoms with Crippen molar-refractivity contribution in [1.29, 1.82) is 0 Å². The number of aliphatic hydroxyl groups excluding tert-OH is 1. The van der Waals surface area contributed by atoms with Crippen molar-refractivity contribution in [3.63, 3.8) is 0 Å². The van der Waals surface area contributed by atoms with Crippen molar-refractivity contribution in [3.8, 4) is 11.3 Å². The predicted octanol–water partition coefficient (Wildman–Crippen LogP) is 4.48. The average molecular weight is 346 g/mol. The highest BCUT2D eigenvalue weighted by atomic mass is 16.3. The Morgan fingerprint density at radius 2 is 1.92 bits per heavy atom. The molecule has 1 aliphatic heterocycles. The van der Waals surface area contributed by atoms with E-state index in [4.69, 9.17) is 4.98 Å². The molecule has 0 amide bonds. The zero-order chi connectivity index (χ0) is 18.1. The van der Waals surface area contributed by atoms with Crippen molar-refractivity contribution in [2.24, 2.45) is 0 Å². The Labute approximate surface area is 155 Å². The van der Waals surface area contributed by atoms with Crippen molar-refractivity contribution in [3.05, 3.63) is 65.2 Å². The smallest absolute Gasteiger partial charge is 0.0754 e. The number of rotatable bonds is 3. The molecule has 1 saturated heterocycles. The fourth-order valence-electron chi connectivity index (χ4n) is 3.90. The Bertz CT molecular complexity index is 935. The second kappa shape index (κ2) is 7.18. The number of β-amino-alcohol motifs (C(OH)–C–C–N with tert-alkyl or cyclic N) is 1. The summed E-state index contributed by atoms with van der Waals surface area (Å²) >= 11 is 0. The van der Waals surface area contributed by atoms with Crippen LogP contribution in [0.2, 0.25) is 0 Å². The van der Waals surface area contributed by atoms with Crippen LogP contribution < -0.4 is 0 Å². The van der Waals surface area contributed by atoms with Crippen molar-refractivity contribution in [2.75, 3.05) is 13.1 Å². The molecule has 2 aromatic carbocycles. The Kier molecular flexibility index (Phi) is 4.75. The molecular weight excluding hydrogens is 320 g/mol. The van der Waals surface area contributed by atoms with Crippen LogP contribution in [-0.2, 0) is 6.54 Å². The number of hydrogen-bond donors (Lipinski definition) is 1. The first-order chi connectivity index (χ1) is 12.6. The number of piperidine rings is 1.